The summed E-state index contributed by atoms with van der Waals surface area (Å²) in [5, 5.41) is 0. The summed E-state index contributed by atoms with van der Waals surface area (Å²) < 4.78 is 15.9. The standard InChI is InChI=1S/C23H21FN4/c1-16-13-17(6-8-20(16)24)23-19(5-4-10-25-23)18-7-9-21-26-14-22(28(21)15-18)27-11-2-3-12-27/h4-10,13-15H,2-3,11-12H2,1H3. The first-order valence-electron chi connectivity index (χ1n) is 9.65. The SMILES string of the molecule is Cc1cc(-c2ncccc2-c2ccc3ncc(N4CCCC4)n3c2)ccc1F. The molecule has 5 rings (SSSR count). The Morgan fingerprint density at radius 1 is 0.964 bits per heavy atom. The molecule has 0 aliphatic carbocycles. The van der Waals surface area contributed by atoms with Gasteiger partial charge < -0.3 is 4.90 Å². The van der Waals surface area contributed by atoms with Gasteiger partial charge in [-0.1, -0.05) is 6.07 Å². The van der Waals surface area contributed by atoms with Crippen LogP contribution in [0.2, 0.25) is 0 Å². The van der Waals surface area contributed by atoms with E-state index >= 15 is 0 Å². The van der Waals surface area contributed by atoms with E-state index in [0.29, 0.717) is 5.56 Å². The maximum absolute atomic E-state index is 13.7. The number of imidazole rings is 1. The van der Waals surface area contributed by atoms with Gasteiger partial charge in [0.15, 0.2) is 0 Å². The fourth-order valence-electron chi connectivity index (χ4n) is 3.97. The summed E-state index contributed by atoms with van der Waals surface area (Å²) in [6.07, 6.45) is 8.32. The highest BCUT2D eigenvalue weighted by atomic mass is 19.1. The fraction of sp³-hybridized carbons (Fsp3) is 0.217. The number of aromatic nitrogens is 3. The first-order valence-corrected chi connectivity index (χ1v) is 9.65. The lowest BCUT2D eigenvalue weighted by atomic mass is 9.99. The number of hydrogen-bond donors (Lipinski definition) is 0. The molecule has 0 saturated carbocycles. The summed E-state index contributed by atoms with van der Waals surface area (Å²) in [4.78, 5) is 11.6. The zero-order chi connectivity index (χ0) is 19.1. The van der Waals surface area contributed by atoms with Crippen molar-refractivity contribution < 1.29 is 4.39 Å². The van der Waals surface area contributed by atoms with Crippen LogP contribution in [0.4, 0.5) is 10.2 Å². The number of anilines is 1. The van der Waals surface area contributed by atoms with Crippen molar-refractivity contribution in [2.45, 2.75) is 19.8 Å². The second kappa shape index (κ2) is 6.75. The van der Waals surface area contributed by atoms with Crippen LogP contribution in [0.1, 0.15) is 18.4 Å². The van der Waals surface area contributed by atoms with Gasteiger partial charge in [0.2, 0.25) is 0 Å². The quantitative estimate of drug-likeness (QED) is 0.501. The van der Waals surface area contributed by atoms with Gasteiger partial charge in [-0.25, -0.2) is 9.37 Å². The molecule has 1 saturated heterocycles. The minimum atomic E-state index is -0.198. The minimum Gasteiger partial charge on any atom is -0.356 e. The topological polar surface area (TPSA) is 33.4 Å². The molecule has 1 fully saturated rings. The average molecular weight is 372 g/mol. The van der Waals surface area contributed by atoms with Crippen molar-refractivity contribution in [3.05, 3.63) is 72.4 Å². The molecule has 0 amide bonds. The number of benzene rings is 1. The third-order valence-electron chi connectivity index (χ3n) is 5.47. The van der Waals surface area contributed by atoms with Gasteiger partial charge in [-0.2, -0.15) is 0 Å². The molecule has 0 spiro atoms. The lowest BCUT2D eigenvalue weighted by Gasteiger charge is -2.17. The molecule has 1 aromatic carbocycles. The Hall–Kier alpha value is -3.21. The molecular formula is C23H21FN4. The zero-order valence-corrected chi connectivity index (χ0v) is 15.8. The molecule has 5 heteroatoms. The Labute approximate surface area is 163 Å². The third kappa shape index (κ3) is 2.83. The molecule has 3 aromatic heterocycles. The van der Waals surface area contributed by atoms with Crippen LogP contribution >= 0.6 is 0 Å². The maximum Gasteiger partial charge on any atom is 0.138 e. The Morgan fingerprint density at radius 2 is 1.79 bits per heavy atom. The molecule has 4 heterocycles. The molecule has 1 aliphatic rings. The highest BCUT2D eigenvalue weighted by molar-refractivity contribution is 5.81. The van der Waals surface area contributed by atoms with Crippen molar-refractivity contribution in [1.29, 1.82) is 0 Å². The number of rotatable bonds is 3. The number of fused-ring (bicyclic) bond motifs is 1. The summed E-state index contributed by atoms with van der Waals surface area (Å²) in [6.45, 7) is 3.93. The molecule has 140 valence electrons. The highest BCUT2D eigenvalue weighted by Gasteiger charge is 2.17. The van der Waals surface area contributed by atoms with Crippen molar-refractivity contribution in [1.82, 2.24) is 14.4 Å². The molecule has 4 aromatic rings. The van der Waals surface area contributed by atoms with Crippen LogP contribution in [0.25, 0.3) is 28.0 Å². The molecule has 1 aliphatic heterocycles. The average Bonchev–Trinajstić information content (AvgIpc) is 3.39. The Bertz CT molecular complexity index is 1160. The van der Waals surface area contributed by atoms with Crippen LogP contribution in [0.3, 0.4) is 0 Å². The monoisotopic (exact) mass is 372 g/mol. The molecule has 0 bridgehead atoms. The largest absolute Gasteiger partial charge is 0.356 e. The molecule has 4 nitrogen and oxygen atoms in total. The van der Waals surface area contributed by atoms with Gasteiger partial charge in [0.25, 0.3) is 0 Å². The van der Waals surface area contributed by atoms with Crippen LogP contribution in [0, 0.1) is 12.7 Å². The summed E-state index contributed by atoms with van der Waals surface area (Å²) in [5.74, 6) is 0.939. The summed E-state index contributed by atoms with van der Waals surface area (Å²) in [5.41, 5.74) is 5.42. The maximum atomic E-state index is 13.7. The van der Waals surface area contributed by atoms with Gasteiger partial charge in [-0.15, -0.1) is 0 Å². The third-order valence-corrected chi connectivity index (χ3v) is 5.47. The number of hydrogen-bond acceptors (Lipinski definition) is 3. The molecule has 0 unspecified atom stereocenters. The molecule has 0 atom stereocenters. The van der Waals surface area contributed by atoms with Crippen molar-refractivity contribution in [3.63, 3.8) is 0 Å². The number of aryl methyl sites for hydroxylation is 1. The normalized spacial score (nSPS) is 14.1. The van der Waals surface area contributed by atoms with Gasteiger partial charge in [0.1, 0.15) is 17.3 Å². The van der Waals surface area contributed by atoms with Crippen LogP contribution in [-0.2, 0) is 0 Å². The molecule has 28 heavy (non-hydrogen) atoms. The molecule has 0 N–H and O–H groups in total. The lowest BCUT2D eigenvalue weighted by molar-refractivity contribution is 0.619. The van der Waals surface area contributed by atoms with Crippen molar-refractivity contribution >= 4 is 11.5 Å². The first-order chi connectivity index (χ1) is 13.7. The van der Waals surface area contributed by atoms with Crippen molar-refractivity contribution in [3.8, 4) is 22.4 Å². The minimum absolute atomic E-state index is 0.198. The number of nitrogens with zero attached hydrogens (tertiary/aromatic N) is 4. The Kier molecular flexibility index (Phi) is 4.08. The number of pyridine rings is 2. The van der Waals surface area contributed by atoms with E-state index in [4.69, 9.17) is 0 Å². The van der Waals surface area contributed by atoms with Crippen molar-refractivity contribution in [2.75, 3.05) is 18.0 Å². The van der Waals surface area contributed by atoms with E-state index in [1.54, 1.807) is 19.2 Å². The van der Waals surface area contributed by atoms with E-state index in [0.717, 1.165) is 46.9 Å². The van der Waals surface area contributed by atoms with E-state index in [2.05, 4.69) is 37.6 Å². The van der Waals surface area contributed by atoms with E-state index in [-0.39, 0.29) is 5.82 Å². The summed E-state index contributed by atoms with van der Waals surface area (Å²) in [7, 11) is 0. The van der Waals surface area contributed by atoms with Gasteiger partial charge >= 0.3 is 0 Å². The lowest BCUT2D eigenvalue weighted by Crippen LogP contribution is -2.19. The first kappa shape index (κ1) is 16.9. The van der Waals surface area contributed by atoms with Gasteiger partial charge in [0, 0.05) is 42.2 Å². The Balaban J connectivity index is 1.64. The predicted molar refractivity (Wildman–Crippen MR) is 110 cm³/mol. The second-order valence-electron chi connectivity index (χ2n) is 7.32. The van der Waals surface area contributed by atoms with E-state index < -0.39 is 0 Å². The van der Waals surface area contributed by atoms with E-state index in [1.165, 1.54) is 18.9 Å². The van der Waals surface area contributed by atoms with Crippen LogP contribution < -0.4 is 4.90 Å². The molecular weight excluding hydrogens is 351 g/mol. The fourth-order valence-corrected chi connectivity index (χ4v) is 3.97. The summed E-state index contributed by atoms with van der Waals surface area (Å²) >= 11 is 0. The smallest absolute Gasteiger partial charge is 0.138 e. The predicted octanol–water partition coefficient (Wildman–Crippen LogP) is 5.11. The van der Waals surface area contributed by atoms with Gasteiger partial charge in [-0.05, 0) is 61.7 Å². The second-order valence-corrected chi connectivity index (χ2v) is 7.32. The summed E-state index contributed by atoms with van der Waals surface area (Å²) in [6, 6.07) is 13.3. The van der Waals surface area contributed by atoms with E-state index in [9.17, 15) is 4.39 Å². The van der Waals surface area contributed by atoms with Crippen LogP contribution in [0.15, 0.2) is 61.1 Å². The van der Waals surface area contributed by atoms with Crippen LogP contribution in [-0.4, -0.2) is 27.5 Å². The van der Waals surface area contributed by atoms with Crippen molar-refractivity contribution in [2.24, 2.45) is 0 Å². The van der Waals surface area contributed by atoms with E-state index in [1.807, 2.05) is 24.4 Å². The molecule has 0 radical (unpaired) electrons. The van der Waals surface area contributed by atoms with Crippen LogP contribution in [0.5, 0.6) is 0 Å². The number of halogens is 1. The Morgan fingerprint density at radius 3 is 2.61 bits per heavy atom. The van der Waals surface area contributed by atoms with Gasteiger partial charge in [0.05, 0.1) is 11.9 Å². The zero-order valence-electron chi connectivity index (χ0n) is 15.8. The van der Waals surface area contributed by atoms with Gasteiger partial charge in [-0.3, -0.25) is 9.38 Å². The highest BCUT2D eigenvalue weighted by Crippen LogP contribution is 2.32.